The fourth-order valence-electron chi connectivity index (χ4n) is 1.65. The average Bonchev–Trinajstić information content (AvgIpc) is 2.72. The van der Waals surface area contributed by atoms with Gasteiger partial charge in [-0.1, -0.05) is 28.1 Å². The summed E-state index contributed by atoms with van der Waals surface area (Å²) in [7, 11) is 0. The highest BCUT2D eigenvalue weighted by molar-refractivity contribution is 9.10. The van der Waals surface area contributed by atoms with E-state index in [1.165, 1.54) is 6.07 Å². The maximum atomic E-state index is 13.7. The molecule has 0 radical (unpaired) electrons. The molecule has 17 heavy (non-hydrogen) atoms. The van der Waals surface area contributed by atoms with Crippen LogP contribution in [0.3, 0.4) is 0 Å². The van der Waals surface area contributed by atoms with Crippen LogP contribution in [0.1, 0.15) is 0 Å². The molecule has 0 fully saturated rings. The Labute approximate surface area is 105 Å². The first kappa shape index (κ1) is 10.5. The normalized spacial score (nSPS) is 10.9. The summed E-state index contributed by atoms with van der Waals surface area (Å²) in [5.41, 5.74) is 1.75. The Bertz CT molecular complexity index is 660. The van der Waals surface area contributed by atoms with Crippen LogP contribution >= 0.6 is 15.9 Å². The van der Waals surface area contributed by atoms with Crippen molar-refractivity contribution in [3.05, 3.63) is 52.8 Å². The van der Waals surface area contributed by atoms with Gasteiger partial charge in [-0.15, -0.1) is 0 Å². The van der Waals surface area contributed by atoms with Crippen molar-refractivity contribution in [1.29, 1.82) is 0 Å². The molecule has 0 bridgehead atoms. The van der Waals surface area contributed by atoms with Gasteiger partial charge in [-0.2, -0.15) is 0 Å². The topological polar surface area (TPSA) is 26.0 Å². The molecule has 0 aliphatic rings. The highest BCUT2D eigenvalue weighted by atomic mass is 79.9. The monoisotopic (exact) mass is 291 g/mol. The number of nitrogens with zero attached hydrogens (tertiary/aromatic N) is 1. The second kappa shape index (κ2) is 3.96. The van der Waals surface area contributed by atoms with E-state index in [9.17, 15) is 4.39 Å². The number of hydrogen-bond acceptors (Lipinski definition) is 2. The van der Waals surface area contributed by atoms with Crippen LogP contribution in [0.5, 0.6) is 0 Å². The molecule has 0 aliphatic heterocycles. The van der Waals surface area contributed by atoms with E-state index in [1.807, 2.05) is 24.3 Å². The third-order valence-corrected chi connectivity index (χ3v) is 2.95. The van der Waals surface area contributed by atoms with Crippen LogP contribution in [0.4, 0.5) is 4.39 Å². The summed E-state index contributed by atoms with van der Waals surface area (Å²) in [6, 6.07) is 12.2. The molecular formula is C13H7BrFNO. The SMILES string of the molecule is Fc1cc(Br)ccc1-c1nc2ccccc2o1. The van der Waals surface area contributed by atoms with Crippen molar-refractivity contribution in [3.8, 4) is 11.5 Å². The molecule has 0 unspecified atom stereocenters. The maximum Gasteiger partial charge on any atom is 0.230 e. The van der Waals surface area contributed by atoms with Gasteiger partial charge in [0.15, 0.2) is 5.58 Å². The van der Waals surface area contributed by atoms with E-state index in [0.717, 1.165) is 5.52 Å². The van der Waals surface area contributed by atoms with Gasteiger partial charge in [-0.3, -0.25) is 0 Å². The number of halogens is 2. The summed E-state index contributed by atoms with van der Waals surface area (Å²) in [5, 5.41) is 0. The summed E-state index contributed by atoms with van der Waals surface area (Å²) >= 11 is 3.21. The Kier molecular flexibility index (Phi) is 2.44. The molecule has 0 aliphatic carbocycles. The van der Waals surface area contributed by atoms with Crippen LogP contribution in [-0.2, 0) is 0 Å². The van der Waals surface area contributed by atoms with Crippen molar-refractivity contribution >= 4 is 27.0 Å². The van der Waals surface area contributed by atoms with Crippen LogP contribution in [0.15, 0.2) is 51.4 Å². The molecule has 0 atom stereocenters. The van der Waals surface area contributed by atoms with Gasteiger partial charge in [-0.05, 0) is 30.3 Å². The third-order valence-electron chi connectivity index (χ3n) is 2.46. The van der Waals surface area contributed by atoms with Gasteiger partial charge in [0.05, 0.1) is 5.56 Å². The van der Waals surface area contributed by atoms with Crippen molar-refractivity contribution < 1.29 is 8.81 Å². The van der Waals surface area contributed by atoms with E-state index in [4.69, 9.17) is 4.42 Å². The van der Waals surface area contributed by atoms with Crippen molar-refractivity contribution in [2.45, 2.75) is 0 Å². The number of benzene rings is 2. The largest absolute Gasteiger partial charge is 0.436 e. The summed E-state index contributed by atoms with van der Waals surface area (Å²) in [5.74, 6) is -0.0536. The number of fused-ring (bicyclic) bond motifs is 1. The molecule has 4 heteroatoms. The standard InChI is InChI=1S/C13H7BrFNO/c14-8-5-6-9(10(15)7-8)13-16-11-3-1-2-4-12(11)17-13/h1-7H. The maximum absolute atomic E-state index is 13.7. The van der Waals surface area contributed by atoms with Gasteiger partial charge in [0.1, 0.15) is 11.3 Å². The number of para-hydroxylation sites is 2. The van der Waals surface area contributed by atoms with Crippen LogP contribution in [0.2, 0.25) is 0 Å². The highest BCUT2D eigenvalue weighted by Crippen LogP contribution is 2.27. The van der Waals surface area contributed by atoms with Crippen molar-refractivity contribution in [3.63, 3.8) is 0 Å². The molecule has 0 saturated carbocycles. The summed E-state index contributed by atoms with van der Waals surface area (Å²) < 4.78 is 19.9. The second-order valence-electron chi connectivity index (χ2n) is 3.61. The smallest absolute Gasteiger partial charge is 0.230 e. The first-order chi connectivity index (χ1) is 8.24. The van der Waals surface area contributed by atoms with Crippen LogP contribution in [-0.4, -0.2) is 4.98 Å². The minimum atomic E-state index is -0.356. The lowest BCUT2D eigenvalue weighted by Crippen LogP contribution is -1.83. The van der Waals surface area contributed by atoms with Gasteiger partial charge < -0.3 is 4.42 Å². The van der Waals surface area contributed by atoms with Crippen molar-refractivity contribution in [1.82, 2.24) is 4.98 Å². The molecule has 0 spiro atoms. The fraction of sp³-hybridized carbons (Fsp3) is 0. The van der Waals surface area contributed by atoms with E-state index in [0.29, 0.717) is 21.5 Å². The van der Waals surface area contributed by atoms with Crippen molar-refractivity contribution in [2.24, 2.45) is 0 Å². The van der Waals surface area contributed by atoms with Gasteiger partial charge in [-0.25, -0.2) is 9.37 Å². The third kappa shape index (κ3) is 1.85. The van der Waals surface area contributed by atoms with Crippen LogP contribution < -0.4 is 0 Å². The predicted octanol–water partition coefficient (Wildman–Crippen LogP) is 4.40. The van der Waals surface area contributed by atoms with E-state index in [2.05, 4.69) is 20.9 Å². The minimum absolute atomic E-state index is 0.302. The first-order valence-electron chi connectivity index (χ1n) is 5.05. The Morgan fingerprint density at radius 2 is 1.94 bits per heavy atom. The van der Waals surface area contributed by atoms with Gasteiger partial charge in [0.2, 0.25) is 5.89 Å². The second-order valence-corrected chi connectivity index (χ2v) is 4.53. The van der Waals surface area contributed by atoms with E-state index in [1.54, 1.807) is 12.1 Å². The highest BCUT2D eigenvalue weighted by Gasteiger charge is 2.12. The Morgan fingerprint density at radius 3 is 2.71 bits per heavy atom. The predicted molar refractivity (Wildman–Crippen MR) is 67.1 cm³/mol. The Hall–Kier alpha value is -1.68. The molecule has 2 aromatic carbocycles. The van der Waals surface area contributed by atoms with E-state index < -0.39 is 0 Å². The van der Waals surface area contributed by atoms with E-state index in [-0.39, 0.29) is 5.82 Å². The first-order valence-corrected chi connectivity index (χ1v) is 5.84. The molecule has 84 valence electrons. The zero-order valence-corrected chi connectivity index (χ0v) is 10.2. The number of oxazole rings is 1. The molecular weight excluding hydrogens is 285 g/mol. The molecule has 0 amide bonds. The molecule has 3 rings (SSSR count). The molecule has 1 aromatic heterocycles. The number of aromatic nitrogens is 1. The lowest BCUT2D eigenvalue weighted by molar-refractivity contribution is 0.593. The lowest BCUT2D eigenvalue weighted by Gasteiger charge is -1.97. The molecule has 1 heterocycles. The molecule has 3 aromatic rings. The lowest BCUT2D eigenvalue weighted by atomic mass is 10.2. The summed E-state index contributed by atoms with van der Waals surface area (Å²) in [6.45, 7) is 0. The van der Waals surface area contributed by atoms with E-state index >= 15 is 0 Å². The quantitative estimate of drug-likeness (QED) is 0.664. The molecule has 2 nitrogen and oxygen atoms in total. The zero-order valence-electron chi connectivity index (χ0n) is 8.65. The molecule has 0 saturated heterocycles. The van der Waals surface area contributed by atoms with Gasteiger partial charge >= 0.3 is 0 Å². The van der Waals surface area contributed by atoms with Gasteiger partial charge in [0, 0.05) is 4.47 Å². The minimum Gasteiger partial charge on any atom is -0.436 e. The Balaban J connectivity index is 2.20. The molecule has 0 N–H and O–H groups in total. The van der Waals surface area contributed by atoms with Gasteiger partial charge in [0.25, 0.3) is 0 Å². The average molecular weight is 292 g/mol. The van der Waals surface area contributed by atoms with Crippen molar-refractivity contribution in [2.75, 3.05) is 0 Å². The van der Waals surface area contributed by atoms with Crippen LogP contribution in [0, 0.1) is 5.82 Å². The Morgan fingerprint density at radius 1 is 1.12 bits per heavy atom. The summed E-state index contributed by atoms with van der Waals surface area (Å²) in [6.07, 6.45) is 0. The summed E-state index contributed by atoms with van der Waals surface area (Å²) in [4.78, 5) is 4.25. The fourth-order valence-corrected chi connectivity index (χ4v) is 1.98. The zero-order chi connectivity index (χ0) is 11.8. The number of hydrogen-bond donors (Lipinski definition) is 0. The van der Waals surface area contributed by atoms with Crippen LogP contribution in [0.25, 0.3) is 22.6 Å². The number of rotatable bonds is 1.